The number of rotatable bonds is 3. The summed E-state index contributed by atoms with van der Waals surface area (Å²) in [6, 6.07) is 13.2. The molecule has 0 saturated heterocycles. The second kappa shape index (κ2) is 4.42. The van der Waals surface area contributed by atoms with Crippen molar-refractivity contribution in [1.82, 2.24) is 0 Å². The lowest BCUT2D eigenvalue weighted by molar-refractivity contribution is -0.103. The fourth-order valence-electron chi connectivity index (χ4n) is 1.33. The van der Waals surface area contributed by atoms with Crippen molar-refractivity contribution < 1.29 is 9.21 Å². The Morgan fingerprint density at radius 1 is 1.07 bits per heavy atom. The average Bonchev–Trinajstić information content (AvgIpc) is 2.81. The van der Waals surface area contributed by atoms with Crippen molar-refractivity contribution in [2.45, 2.75) is 0 Å². The Morgan fingerprint density at radius 3 is 2.47 bits per heavy atom. The van der Waals surface area contributed by atoms with E-state index in [-0.39, 0.29) is 0 Å². The first-order valence-electron chi connectivity index (χ1n) is 4.66. The Bertz CT molecular complexity index is 453. The summed E-state index contributed by atoms with van der Waals surface area (Å²) in [4.78, 5) is 10.9. The van der Waals surface area contributed by atoms with Crippen molar-refractivity contribution in [3.05, 3.63) is 60.1 Å². The summed E-state index contributed by atoms with van der Waals surface area (Å²) >= 11 is 0. The Morgan fingerprint density at radius 2 is 1.87 bits per heavy atom. The molecule has 0 unspecified atom stereocenters. The van der Waals surface area contributed by atoms with Crippen molar-refractivity contribution in [2.75, 3.05) is 0 Å². The van der Waals surface area contributed by atoms with Crippen LogP contribution in [-0.2, 0) is 4.79 Å². The number of furan rings is 1. The molecule has 1 heterocycles. The van der Waals surface area contributed by atoms with Crippen LogP contribution in [0.25, 0.3) is 11.6 Å². The molecule has 1 aromatic heterocycles. The maximum atomic E-state index is 10.9. The Balaban J connectivity index is 2.36. The minimum atomic E-state index is 0.547. The van der Waals surface area contributed by atoms with E-state index in [1.165, 1.54) is 0 Å². The number of hydrogen-bond acceptors (Lipinski definition) is 2. The molecule has 0 spiro atoms. The molecule has 74 valence electrons. The first-order chi connectivity index (χ1) is 7.40. The summed E-state index contributed by atoms with van der Waals surface area (Å²) in [6.45, 7) is 0. The van der Waals surface area contributed by atoms with Gasteiger partial charge in [0.2, 0.25) is 0 Å². The van der Waals surface area contributed by atoms with Gasteiger partial charge in [0.1, 0.15) is 5.76 Å². The number of allylic oxidation sites excluding steroid dienone is 1. The van der Waals surface area contributed by atoms with E-state index in [0.29, 0.717) is 11.3 Å². The van der Waals surface area contributed by atoms with Gasteiger partial charge in [0.25, 0.3) is 0 Å². The molecule has 2 nitrogen and oxygen atoms in total. The molecule has 0 saturated carbocycles. The van der Waals surface area contributed by atoms with E-state index in [0.717, 1.165) is 11.8 Å². The van der Waals surface area contributed by atoms with E-state index in [4.69, 9.17) is 4.42 Å². The van der Waals surface area contributed by atoms with Crippen LogP contribution in [0, 0.1) is 0 Å². The third-order valence-corrected chi connectivity index (χ3v) is 2.05. The van der Waals surface area contributed by atoms with Crippen LogP contribution in [-0.4, -0.2) is 6.29 Å². The standard InChI is InChI=1S/C13H10O2/c14-10-12(13-7-4-8-15-13)9-11-5-2-1-3-6-11/h1-10H. The van der Waals surface area contributed by atoms with Crippen LogP contribution in [0.2, 0.25) is 0 Å². The molecule has 2 aromatic rings. The predicted octanol–water partition coefficient (Wildman–Crippen LogP) is 3.02. The first kappa shape index (κ1) is 9.46. The number of benzene rings is 1. The van der Waals surface area contributed by atoms with Crippen LogP contribution < -0.4 is 0 Å². The third-order valence-electron chi connectivity index (χ3n) is 2.05. The smallest absolute Gasteiger partial charge is 0.153 e. The van der Waals surface area contributed by atoms with Gasteiger partial charge in [-0.1, -0.05) is 30.3 Å². The zero-order valence-electron chi connectivity index (χ0n) is 8.09. The number of aldehydes is 1. The summed E-state index contributed by atoms with van der Waals surface area (Å²) < 4.78 is 5.16. The second-order valence-electron chi connectivity index (χ2n) is 3.11. The van der Waals surface area contributed by atoms with Gasteiger partial charge in [0.05, 0.1) is 11.8 Å². The van der Waals surface area contributed by atoms with Gasteiger partial charge in [0.15, 0.2) is 6.29 Å². The molecule has 0 bridgehead atoms. The zero-order valence-corrected chi connectivity index (χ0v) is 8.09. The van der Waals surface area contributed by atoms with E-state index in [2.05, 4.69) is 0 Å². The molecule has 0 amide bonds. The quantitative estimate of drug-likeness (QED) is 0.560. The summed E-state index contributed by atoms with van der Waals surface area (Å²) in [5.74, 6) is 0.592. The molecule has 15 heavy (non-hydrogen) atoms. The highest BCUT2D eigenvalue weighted by Crippen LogP contribution is 2.16. The lowest BCUT2D eigenvalue weighted by Crippen LogP contribution is -1.82. The van der Waals surface area contributed by atoms with E-state index in [1.54, 1.807) is 24.5 Å². The largest absolute Gasteiger partial charge is 0.464 e. The summed E-state index contributed by atoms with van der Waals surface area (Å²) in [7, 11) is 0. The van der Waals surface area contributed by atoms with Gasteiger partial charge in [0, 0.05) is 0 Å². The van der Waals surface area contributed by atoms with Gasteiger partial charge in [-0.15, -0.1) is 0 Å². The third kappa shape index (κ3) is 2.23. The van der Waals surface area contributed by atoms with Crippen molar-refractivity contribution in [1.29, 1.82) is 0 Å². The molecular formula is C13H10O2. The maximum absolute atomic E-state index is 10.9. The SMILES string of the molecule is O=CC(=Cc1ccccc1)c1ccco1. The van der Waals surface area contributed by atoms with Gasteiger partial charge >= 0.3 is 0 Å². The highest BCUT2D eigenvalue weighted by molar-refractivity contribution is 6.12. The van der Waals surface area contributed by atoms with Crippen molar-refractivity contribution in [3.63, 3.8) is 0 Å². The molecule has 0 aliphatic rings. The van der Waals surface area contributed by atoms with Crippen LogP contribution in [0.4, 0.5) is 0 Å². The van der Waals surface area contributed by atoms with Crippen LogP contribution in [0.3, 0.4) is 0 Å². The Kier molecular flexibility index (Phi) is 2.79. The lowest BCUT2D eigenvalue weighted by atomic mass is 10.1. The monoisotopic (exact) mass is 198 g/mol. The molecule has 0 fully saturated rings. The number of carbonyl (C=O) groups is 1. The molecular weight excluding hydrogens is 188 g/mol. The topological polar surface area (TPSA) is 30.2 Å². The first-order valence-corrected chi connectivity index (χ1v) is 4.66. The molecule has 2 rings (SSSR count). The molecule has 0 N–H and O–H groups in total. The fraction of sp³-hybridized carbons (Fsp3) is 0. The van der Waals surface area contributed by atoms with E-state index >= 15 is 0 Å². The maximum Gasteiger partial charge on any atom is 0.153 e. The molecule has 0 aliphatic heterocycles. The van der Waals surface area contributed by atoms with E-state index < -0.39 is 0 Å². The highest BCUT2D eigenvalue weighted by Gasteiger charge is 2.02. The van der Waals surface area contributed by atoms with Gasteiger partial charge in [-0.05, 0) is 23.8 Å². The average molecular weight is 198 g/mol. The van der Waals surface area contributed by atoms with E-state index in [1.807, 2.05) is 30.3 Å². The van der Waals surface area contributed by atoms with Gasteiger partial charge in [-0.2, -0.15) is 0 Å². The van der Waals surface area contributed by atoms with Gasteiger partial charge in [-0.3, -0.25) is 4.79 Å². The number of hydrogen-bond donors (Lipinski definition) is 0. The molecule has 1 aromatic carbocycles. The zero-order chi connectivity index (χ0) is 10.5. The Labute approximate surface area is 87.8 Å². The molecule has 0 radical (unpaired) electrons. The van der Waals surface area contributed by atoms with Crippen molar-refractivity contribution >= 4 is 17.9 Å². The fourth-order valence-corrected chi connectivity index (χ4v) is 1.33. The summed E-state index contributed by atoms with van der Waals surface area (Å²) in [6.07, 6.45) is 4.15. The minimum absolute atomic E-state index is 0.547. The normalized spacial score (nSPS) is 11.3. The molecule has 2 heteroatoms. The number of carbonyl (C=O) groups excluding carboxylic acids is 1. The highest BCUT2D eigenvalue weighted by atomic mass is 16.3. The summed E-state index contributed by atoms with van der Waals surface area (Å²) in [5, 5.41) is 0. The minimum Gasteiger partial charge on any atom is -0.464 e. The van der Waals surface area contributed by atoms with Crippen molar-refractivity contribution in [2.24, 2.45) is 0 Å². The predicted molar refractivity (Wildman–Crippen MR) is 59.1 cm³/mol. The summed E-state index contributed by atoms with van der Waals surface area (Å²) in [5.41, 5.74) is 1.53. The Hall–Kier alpha value is -2.09. The van der Waals surface area contributed by atoms with Crippen LogP contribution >= 0.6 is 0 Å². The van der Waals surface area contributed by atoms with E-state index in [9.17, 15) is 4.79 Å². The van der Waals surface area contributed by atoms with Crippen LogP contribution in [0.15, 0.2) is 53.1 Å². The van der Waals surface area contributed by atoms with Gasteiger partial charge in [-0.25, -0.2) is 0 Å². The second-order valence-corrected chi connectivity index (χ2v) is 3.11. The lowest BCUT2D eigenvalue weighted by Gasteiger charge is -1.95. The molecule has 0 aliphatic carbocycles. The van der Waals surface area contributed by atoms with Crippen molar-refractivity contribution in [3.8, 4) is 0 Å². The van der Waals surface area contributed by atoms with Gasteiger partial charge < -0.3 is 4.42 Å². The van der Waals surface area contributed by atoms with Crippen LogP contribution in [0.5, 0.6) is 0 Å². The molecule has 0 atom stereocenters. The van der Waals surface area contributed by atoms with Crippen LogP contribution in [0.1, 0.15) is 11.3 Å².